The molecule has 0 aromatic heterocycles. The second kappa shape index (κ2) is 9.93. The SMILES string of the molecule is C#CCC(N)C(=O)NC(C)CCCN(CC)CC. The first-order valence-electron chi connectivity index (χ1n) is 6.76. The van der Waals surface area contributed by atoms with Crippen molar-refractivity contribution in [1.29, 1.82) is 0 Å². The summed E-state index contributed by atoms with van der Waals surface area (Å²) in [5, 5.41) is 2.90. The molecule has 0 aromatic rings. The lowest BCUT2D eigenvalue weighted by Gasteiger charge is -2.20. The summed E-state index contributed by atoms with van der Waals surface area (Å²) in [7, 11) is 0. The van der Waals surface area contributed by atoms with Crippen LogP contribution in [-0.4, -0.2) is 42.5 Å². The summed E-state index contributed by atoms with van der Waals surface area (Å²) in [5.74, 6) is 2.25. The van der Waals surface area contributed by atoms with E-state index in [1.807, 2.05) is 6.92 Å². The molecule has 0 saturated heterocycles. The lowest BCUT2D eigenvalue weighted by molar-refractivity contribution is -0.122. The van der Waals surface area contributed by atoms with Crippen LogP contribution in [0.3, 0.4) is 0 Å². The van der Waals surface area contributed by atoms with Crippen molar-refractivity contribution in [3.8, 4) is 12.3 Å². The molecule has 0 aliphatic carbocycles. The van der Waals surface area contributed by atoms with E-state index in [-0.39, 0.29) is 18.4 Å². The number of hydrogen-bond acceptors (Lipinski definition) is 3. The summed E-state index contributed by atoms with van der Waals surface area (Å²) < 4.78 is 0. The van der Waals surface area contributed by atoms with E-state index in [2.05, 4.69) is 30.0 Å². The zero-order chi connectivity index (χ0) is 14.0. The Balaban J connectivity index is 3.80. The molecule has 2 unspecified atom stereocenters. The Morgan fingerprint density at radius 2 is 2.06 bits per heavy atom. The first-order chi connectivity index (χ1) is 8.54. The van der Waals surface area contributed by atoms with Crippen molar-refractivity contribution in [3.05, 3.63) is 0 Å². The first kappa shape index (κ1) is 16.9. The molecule has 0 bridgehead atoms. The minimum Gasteiger partial charge on any atom is -0.352 e. The number of nitrogens with zero attached hydrogens (tertiary/aromatic N) is 1. The van der Waals surface area contributed by atoms with Crippen LogP contribution in [0.2, 0.25) is 0 Å². The first-order valence-corrected chi connectivity index (χ1v) is 6.76. The number of rotatable bonds is 9. The number of carbonyl (C=O) groups is 1. The van der Waals surface area contributed by atoms with Crippen LogP contribution in [0.15, 0.2) is 0 Å². The summed E-state index contributed by atoms with van der Waals surface area (Å²) in [6, 6.07) is -0.433. The minimum absolute atomic E-state index is 0.150. The number of carbonyl (C=O) groups excluding carboxylic acids is 1. The molecule has 0 aliphatic rings. The fourth-order valence-corrected chi connectivity index (χ4v) is 1.80. The molecular formula is C14H27N3O. The highest BCUT2D eigenvalue weighted by molar-refractivity contribution is 5.82. The van der Waals surface area contributed by atoms with Crippen molar-refractivity contribution in [1.82, 2.24) is 10.2 Å². The summed E-state index contributed by atoms with van der Waals surface area (Å²) >= 11 is 0. The molecule has 104 valence electrons. The van der Waals surface area contributed by atoms with E-state index in [0.29, 0.717) is 0 Å². The molecule has 0 radical (unpaired) electrons. The average molecular weight is 253 g/mol. The molecule has 0 fully saturated rings. The number of amides is 1. The second-order valence-electron chi connectivity index (χ2n) is 4.59. The van der Waals surface area contributed by atoms with Crippen LogP contribution in [0.1, 0.15) is 40.0 Å². The van der Waals surface area contributed by atoms with Gasteiger partial charge in [0.1, 0.15) is 0 Å². The smallest absolute Gasteiger partial charge is 0.238 e. The molecule has 0 heterocycles. The zero-order valence-corrected chi connectivity index (χ0v) is 11.9. The molecule has 4 heteroatoms. The van der Waals surface area contributed by atoms with E-state index in [1.54, 1.807) is 0 Å². The third-order valence-corrected chi connectivity index (χ3v) is 3.07. The van der Waals surface area contributed by atoms with Gasteiger partial charge in [-0.15, -0.1) is 12.3 Å². The van der Waals surface area contributed by atoms with Gasteiger partial charge in [0.2, 0.25) is 5.91 Å². The maximum atomic E-state index is 11.6. The van der Waals surface area contributed by atoms with Gasteiger partial charge in [0.25, 0.3) is 0 Å². The average Bonchev–Trinajstić information content (AvgIpc) is 2.34. The number of hydrogen-bond donors (Lipinski definition) is 2. The highest BCUT2D eigenvalue weighted by Crippen LogP contribution is 2.00. The normalized spacial score (nSPS) is 14.0. The molecule has 0 spiro atoms. The van der Waals surface area contributed by atoms with Gasteiger partial charge in [-0.3, -0.25) is 4.79 Å². The van der Waals surface area contributed by atoms with Crippen molar-refractivity contribution in [2.45, 2.75) is 52.1 Å². The minimum atomic E-state index is -0.583. The van der Waals surface area contributed by atoms with E-state index in [4.69, 9.17) is 12.2 Å². The van der Waals surface area contributed by atoms with Gasteiger partial charge in [-0.05, 0) is 39.4 Å². The lowest BCUT2D eigenvalue weighted by atomic mass is 10.1. The predicted octanol–water partition coefficient (Wildman–Crippen LogP) is 0.964. The Kier molecular flexibility index (Phi) is 9.35. The zero-order valence-electron chi connectivity index (χ0n) is 11.9. The van der Waals surface area contributed by atoms with Crippen molar-refractivity contribution in [3.63, 3.8) is 0 Å². The summed E-state index contributed by atoms with van der Waals surface area (Å²) in [5.41, 5.74) is 5.63. The van der Waals surface area contributed by atoms with Crippen molar-refractivity contribution in [2.75, 3.05) is 19.6 Å². The number of nitrogens with two attached hydrogens (primary N) is 1. The Hall–Kier alpha value is -1.05. The van der Waals surface area contributed by atoms with Gasteiger partial charge in [-0.2, -0.15) is 0 Å². The Morgan fingerprint density at radius 3 is 2.56 bits per heavy atom. The molecule has 18 heavy (non-hydrogen) atoms. The van der Waals surface area contributed by atoms with E-state index in [0.717, 1.165) is 32.5 Å². The van der Waals surface area contributed by atoms with E-state index < -0.39 is 6.04 Å². The fraction of sp³-hybridized carbons (Fsp3) is 0.786. The molecule has 0 rings (SSSR count). The van der Waals surface area contributed by atoms with Crippen LogP contribution in [0.25, 0.3) is 0 Å². The maximum Gasteiger partial charge on any atom is 0.238 e. The molecule has 4 nitrogen and oxygen atoms in total. The standard InChI is InChI=1S/C14H27N3O/c1-5-9-13(15)14(18)16-12(4)10-8-11-17(6-2)7-3/h1,12-13H,6-11,15H2,2-4H3,(H,16,18). The van der Waals surface area contributed by atoms with Crippen molar-refractivity contribution < 1.29 is 4.79 Å². The fourth-order valence-electron chi connectivity index (χ4n) is 1.80. The van der Waals surface area contributed by atoms with Crippen LogP contribution in [0.4, 0.5) is 0 Å². The topological polar surface area (TPSA) is 58.4 Å². The van der Waals surface area contributed by atoms with Crippen LogP contribution >= 0.6 is 0 Å². The quantitative estimate of drug-likeness (QED) is 0.602. The van der Waals surface area contributed by atoms with E-state index >= 15 is 0 Å². The van der Waals surface area contributed by atoms with E-state index in [9.17, 15) is 4.79 Å². The van der Waals surface area contributed by atoms with Crippen molar-refractivity contribution >= 4 is 5.91 Å². The van der Waals surface area contributed by atoms with Crippen LogP contribution < -0.4 is 11.1 Å². The number of nitrogens with one attached hydrogen (secondary N) is 1. The molecule has 1 amide bonds. The molecule has 0 saturated carbocycles. The summed E-state index contributed by atoms with van der Waals surface area (Å²) in [6.07, 6.45) is 7.46. The predicted molar refractivity (Wildman–Crippen MR) is 76.1 cm³/mol. The molecule has 0 aromatic carbocycles. The monoisotopic (exact) mass is 253 g/mol. The molecule has 3 N–H and O–H groups in total. The lowest BCUT2D eigenvalue weighted by Crippen LogP contribution is -2.44. The van der Waals surface area contributed by atoms with Crippen molar-refractivity contribution in [2.24, 2.45) is 5.73 Å². The van der Waals surface area contributed by atoms with Crippen LogP contribution in [0.5, 0.6) is 0 Å². The largest absolute Gasteiger partial charge is 0.352 e. The molecule has 2 atom stereocenters. The van der Waals surface area contributed by atoms with Gasteiger partial charge in [0, 0.05) is 12.5 Å². The third kappa shape index (κ3) is 7.31. The Labute approximate surface area is 111 Å². The highest BCUT2D eigenvalue weighted by Gasteiger charge is 2.14. The second-order valence-corrected chi connectivity index (χ2v) is 4.59. The highest BCUT2D eigenvalue weighted by atomic mass is 16.2. The maximum absolute atomic E-state index is 11.6. The van der Waals surface area contributed by atoms with Gasteiger partial charge in [0.15, 0.2) is 0 Å². The van der Waals surface area contributed by atoms with Gasteiger partial charge >= 0.3 is 0 Å². The summed E-state index contributed by atoms with van der Waals surface area (Å²) in [6.45, 7) is 9.54. The molecular weight excluding hydrogens is 226 g/mol. The summed E-state index contributed by atoms with van der Waals surface area (Å²) in [4.78, 5) is 14.0. The van der Waals surface area contributed by atoms with Crippen LogP contribution in [-0.2, 0) is 4.79 Å². The van der Waals surface area contributed by atoms with Gasteiger partial charge in [0.05, 0.1) is 6.04 Å². The molecule has 0 aliphatic heterocycles. The van der Waals surface area contributed by atoms with Gasteiger partial charge in [-0.1, -0.05) is 13.8 Å². The third-order valence-electron chi connectivity index (χ3n) is 3.07. The van der Waals surface area contributed by atoms with Gasteiger partial charge < -0.3 is 16.0 Å². The number of terminal acetylenes is 1. The van der Waals surface area contributed by atoms with Gasteiger partial charge in [-0.25, -0.2) is 0 Å². The van der Waals surface area contributed by atoms with E-state index in [1.165, 1.54) is 0 Å². The Bertz CT molecular complexity index is 269. The van der Waals surface area contributed by atoms with Crippen LogP contribution in [0, 0.1) is 12.3 Å². The Morgan fingerprint density at radius 1 is 1.44 bits per heavy atom.